The lowest BCUT2D eigenvalue weighted by Crippen LogP contribution is -2.49. The molecular weight excluding hydrogens is 465 g/mol. The molecule has 6 rings (SSSR count). The Labute approximate surface area is 207 Å². The van der Waals surface area contributed by atoms with E-state index in [1.54, 1.807) is 16.8 Å². The van der Waals surface area contributed by atoms with Crippen LogP contribution in [-0.4, -0.2) is 70.0 Å². The molecule has 0 radical (unpaired) electrons. The highest BCUT2D eigenvalue weighted by molar-refractivity contribution is 5.82. The van der Waals surface area contributed by atoms with Crippen LogP contribution in [0, 0.1) is 11.7 Å². The van der Waals surface area contributed by atoms with Gasteiger partial charge in [0.05, 0.1) is 42.4 Å². The van der Waals surface area contributed by atoms with Crippen LogP contribution < -0.4 is 20.3 Å². The van der Waals surface area contributed by atoms with Crippen molar-refractivity contribution in [3.8, 4) is 11.5 Å². The van der Waals surface area contributed by atoms with E-state index in [1.807, 2.05) is 0 Å². The van der Waals surface area contributed by atoms with Gasteiger partial charge in [-0.2, -0.15) is 0 Å². The lowest BCUT2D eigenvalue weighted by atomic mass is 9.94. The molecule has 3 aliphatic rings. The van der Waals surface area contributed by atoms with Crippen LogP contribution in [0.4, 0.5) is 4.39 Å². The number of piperidine rings is 1. The van der Waals surface area contributed by atoms with E-state index in [2.05, 4.69) is 26.3 Å². The van der Waals surface area contributed by atoms with Crippen molar-refractivity contribution in [1.29, 1.82) is 0 Å². The van der Waals surface area contributed by atoms with E-state index < -0.39 is 11.9 Å². The molecule has 6 heterocycles. The molecule has 3 aliphatic heterocycles. The number of aryl methyl sites for hydroxylation is 1. The molecule has 10 heteroatoms. The smallest absolute Gasteiger partial charge is 0.251 e. The van der Waals surface area contributed by atoms with Gasteiger partial charge in [0.1, 0.15) is 17.9 Å². The van der Waals surface area contributed by atoms with Crippen molar-refractivity contribution in [3.63, 3.8) is 0 Å². The molecule has 0 saturated carbocycles. The van der Waals surface area contributed by atoms with Crippen LogP contribution in [0.5, 0.6) is 11.5 Å². The number of nitrogens with one attached hydrogen (secondary N) is 1. The molecule has 0 bridgehead atoms. The van der Waals surface area contributed by atoms with Crippen LogP contribution in [0.25, 0.3) is 11.0 Å². The number of rotatable bonds is 6. The van der Waals surface area contributed by atoms with E-state index in [9.17, 15) is 14.3 Å². The van der Waals surface area contributed by atoms with Gasteiger partial charge in [-0.1, -0.05) is 0 Å². The van der Waals surface area contributed by atoms with E-state index >= 15 is 0 Å². The third kappa shape index (κ3) is 4.44. The summed E-state index contributed by atoms with van der Waals surface area (Å²) in [4.78, 5) is 23.7. The van der Waals surface area contributed by atoms with E-state index in [1.165, 1.54) is 11.6 Å². The molecule has 0 amide bonds. The number of likely N-dealkylation sites (tertiary alicyclic amines) is 1. The number of fused-ring (bicyclic) bond motifs is 1. The minimum absolute atomic E-state index is 0.0446. The molecule has 3 aromatic rings. The van der Waals surface area contributed by atoms with Gasteiger partial charge in [-0.3, -0.25) is 19.3 Å². The standard InChI is InChI=1S/C26H30FN5O4/c27-20-11-30-21-3-4-24(34)32-19(15-36-26(20)25(21)32)14-31-6-5-22(33)17(13-31)9-28-10-18-8-16-2-1-7-35-23(16)12-29-18/h3-4,8,11-12,17,19,22,28,33H,1-2,5-7,9-10,13-15H2/t17-,19-,22+/m1/s1. The van der Waals surface area contributed by atoms with E-state index in [-0.39, 0.29) is 29.9 Å². The second-order valence-electron chi connectivity index (χ2n) is 9.92. The monoisotopic (exact) mass is 495 g/mol. The Hall–Kier alpha value is -3.08. The average molecular weight is 496 g/mol. The summed E-state index contributed by atoms with van der Waals surface area (Å²) in [5.41, 5.74) is 2.93. The zero-order chi connectivity index (χ0) is 24.6. The molecule has 3 aromatic heterocycles. The number of pyridine rings is 3. The summed E-state index contributed by atoms with van der Waals surface area (Å²) in [6, 6.07) is 4.92. The third-order valence-electron chi connectivity index (χ3n) is 7.45. The summed E-state index contributed by atoms with van der Waals surface area (Å²) in [6.45, 7) is 4.22. The molecule has 1 saturated heterocycles. The van der Waals surface area contributed by atoms with Crippen LogP contribution in [-0.2, 0) is 13.0 Å². The van der Waals surface area contributed by atoms with Gasteiger partial charge < -0.3 is 24.8 Å². The minimum atomic E-state index is -0.562. The molecule has 190 valence electrons. The highest BCUT2D eigenvalue weighted by Gasteiger charge is 2.32. The van der Waals surface area contributed by atoms with Crippen LogP contribution >= 0.6 is 0 Å². The molecular formula is C26H30FN5O4. The number of aromatic nitrogens is 3. The summed E-state index contributed by atoms with van der Waals surface area (Å²) < 4.78 is 27.3. The Morgan fingerprint density at radius 2 is 2.14 bits per heavy atom. The van der Waals surface area contributed by atoms with Gasteiger partial charge >= 0.3 is 0 Å². The molecule has 0 aromatic carbocycles. The van der Waals surface area contributed by atoms with Gasteiger partial charge in [0.25, 0.3) is 5.56 Å². The summed E-state index contributed by atoms with van der Waals surface area (Å²) in [5.74, 6) is 0.454. The van der Waals surface area contributed by atoms with Crippen LogP contribution in [0.1, 0.15) is 30.1 Å². The largest absolute Gasteiger partial charge is 0.492 e. The van der Waals surface area contributed by atoms with E-state index in [0.717, 1.165) is 43.6 Å². The fourth-order valence-corrected chi connectivity index (χ4v) is 5.61. The molecule has 9 nitrogen and oxygen atoms in total. The number of aliphatic hydroxyl groups is 1. The maximum absolute atomic E-state index is 14.3. The number of halogens is 1. The number of ether oxygens (including phenoxy) is 2. The molecule has 2 N–H and O–H groups in total. The predicted molar refractivity (Wildman–Crippen MR) is 131 cm³/mol. The van der Waals surface area contributed by atoms with Gasteiger partial charge in [0.2, 0.25) is 0 Å². The Kier molecular flexibility index (Phi) is 6.32. The summed E-state index contributed by atoms with van der Waals surface area (Å²) in [5, 5.41) is 14.1. The van der Waals surface area contributed by atoms with Crippen molar-refractivity contribution < 1.29 is 19.0 Å². The first-order valence-corrected chi connectivity index (χ1v) is 12.6. The molecule has 0 unspecified atom stereocenters. The van der Waals surface area contributed by atoms with Crippen molar-refractivity contribution in [3.05, 3.63) is 58.0 Å². The summed E-state index contributed by atoms with van der Waals surface area (Å²) >= 11 is 0. The van der Waals surface area contributed by atoms with Gasteiger partial charge in [-0.25, -0.2) is 4.39 Å². The SMILES string of the molecule is O=c1ccc2ncc(F)c3c2n1[C@H](CN1CC[C@H](O)[C@H](CNCc2cc4c(cn2)OCCC4)C1)CO3. The maximum Gasteiger partial charge on any atom is 0.251 e. The Bertz CT molecular complexity index is 1330. The Balaban J connectivity index is 1.11. The van der Waals surface area contributed by atoms with Crippen LogP contribution in [0.3, 0.4) is 0 Å². The summed E-state index contributed by atoms with van der Waals surface area (Å²) in [6.07, 6.45) is 5.22. The topological polar surface area (TPSA) is 102 Å². The predicted octanol–water partition coefficient (Wildman–Crippen LogP) is 1.66. The number of nitrogens with zero attached hydrogens (tertiary/aromatic N) is 4. The first-order valence-electron chi connectivity index (χ1n) is 12.6. The highest BCUT2D eigenvalue weighted by atomic mass is 19.1. The van der Waals surface area contributed by atoms with Crippen molar-refractivity contribution in [1.82, 2.24) is 24.8 Å². The first kappa shape index (κ1) is 23.3. The quantitative estimate of drug-likeness (QED) is 0.533. The average Bonchev–Trinajstić information content (AvgIpc) is 2.89. The van der Waals surface area contributed by atoms with Crippen molar-refractivity contribution in [2.24, 2.45) is 5.92 Å². The molecule has 3 atom stereocenters. The van der Waals surface area contributed by atoms with Gasteiger partial charge in [-0.05, 0) is 37.0 Å². The summed E-state index contributed by atoms with van der Waals surface area (Å²) in [7, 11) is 0. The second-order valence-corrected chi connectivity index (χ2v) is 9.92. The van der Waals surface area contributed by atoms with E-state index in [0.29, 0.717) is 43.6 Å². The van der Waals surface area contributed by atoms with Gasteiger partial charge in [-0.15, -0.1) is 0 Å². The lowest BCUT2D eigenvalue weighted by Gasteiger charge is -2.39. The maximum atomic E-state index is 14.3. The van der Waals surface area contributed by atoms with E-state index in [4.69, 9.17) is 9.47 Å². The lowest BCUT2D eigenvalue weighted by molar-refractivity contribution is 0.0184. The molecule has 1 fully saturated rings. The molecule has 0 spiro atoms. The molecule has 36 heavy (non-hydrogen) atoms. The highest BCUT2D eigenvalue weighted by Crippen LogP contribution is 2.33. The van der Waals surface area contributed by atoms with Gasteiger partial charge in [0, 0.05) is 44.7 Å². The number of aliphatic hydroxyl groups excluding tert-OH is 1. The third-order valence-corrected chi connectivity index (χ3v) is 7.45. The van der Waals surface area contributed by atoms with Crippen LogP contribution in [0.15, 0.2) is 35.4 Å². The van der Waals surface area contributed by atoms with Crippen molar-refractivity contribution in [2.45, 2.75) is 38.0 Å². The zero-order valence-corrected chi connectivity index (χ0v) is 20.0. The van der Waals surface area contributed by atoms with Gasteiger partial charge in [0.15, 0.2) is 11.6 Å². The Morgan fingerprint density at radius 1 is 1.22 bits per heavy atom. The minimum Gasteiger partial charge on any atom is -0.492 e. The van der Waals surface area contributed by atoms with Crippen LogP contribution in [0.2, 0.25) is 0 Å². The second kappa shape index (κ2) is 9.76. The number of hydrogen-bond donors (Lipinski definition) is 2. The first-order chi connectivity index (χ1) is 17.6. The Morgan fingerprint density at radius 3 is 3.06 bits per heavy atom. The van der Waals surface area contributed by atoms with Crippen molar-refractivity contribution in [2.75, 3.05) is 39.4 Å². The fourth-order valence-electron chi connectivity index (χ4n) is 5.61. The zero-order valence-electron chi connectivity index (χ0n) is 20.0. The molecule has 0 aliphatic carbocycles. The normalized spacial score (nSPS) is 23.7. The fraction of sp³-hybridized carbons (Fsp3) is 0.500. The van der Waals surface area contributed by atoms with Crippen molar-refractivity contribution >= 4 is 11.0 Å². The number of hydrogen-bond acceptors (Lipinski definition) is 8.